The third kappa shape index (κ3) is 4.95. The van der Waals surface area contributed by atoms with Gasteiger partial charge in [-0.05, 0) is 31.2 Å². The molecule has 0 fully saturated rings. The first kappa shape index (κ1) is 16.7. The van der Waals surface area contributed by atoms with Gasteiger partial charge >= 0.3 is 0 Å². The number of benzene rings is 2. The highest BCUT2D eigenvalue weighted by atomic mass is 19.1. The van der Waals surface area contributed by atoms with Crippen LogP contribution in [0.4, 0.5) is 20.2 Å². The summed E-state index contributed by atoms with van der Waals surface area (Å²) in [7, 11) is 0. The van der Waals surface area contributed by atoms with E-state index in [9.17, 15) is 13.6 Å². The van der Waals surface area contributed by atoms with Gasteiger partial charge in [0, 0.05) is 19.0 Å². The van der Waals surface area contributed by atoms with Crippen molar-refractivity contribution in [3.8, 4) is 5.75 Å². The topological polar surface area (TPSA) is 50.4 Å². The number of carbonyl (C=O) groups excluding carboxylic acids is 1. The highest BCUT2D eigenvalue weighted by Crippen LogP contribution is 2.23. The van der Waals surface area contributed by atoms with Crippen molar-refractivity contribution in [2.24, 2.45) is 0 Å². The molecule has 2 N–H and O–H groups in total. The molecule has 23 heavy (non-hydrogen) atoms. The number of amides is 1. The summed E-state index contributed by atoms with van der Waals surface area (Å²) in [5.74, 6) is -0.960. The van der Waals surface area contributed by atoms with Crippen LogP contribution in [0.15, 0.2) is 42.5 Å². The van der Waals surface area contributed by atoms with Gasteiger partial charge in [0.05, 0.1) is 18.0 Å². The average Bonchev–Trinajstić information content (AvgIpc) is 2.52. The molecule has 0 saturated carbocycles. The van der Waals surface area contributed by atoms with E-state index in [2.05, 4.69) is 10.6 Å². The van der Waals surface area contributed by atoms with Gasteiger partial charge < -0.3 is 15.4 Å². The molecule has 122 valence electrons. The van der Waals surface area contributed by atoms with Crippen molar-refractivity contribution >= 4 is 17.3 Å². The van der Waals surface area contributed by atoms with E-state index in [0.29, 0.717) is 18.0 Å². The molecule has 0 radical (unpaired) electrons. The maximum atomic E-state index is 13.4. The van der Waals surface area contributed by atoms with E-state index in [-0.39, 0.29) is 24.6 Å². The Morgan fingerprint density at radius 1 is 1.13 bits per heavy atom. The summed E-state index contributed by atoms with van der Waals surface area (Å²) in [5, 5.41) is 5.51. The number of nitrogens with one attached hydrogen (secondary N) is 2. The van der Waals surface area contributed by atoms with Gasteiger partial charge in [-0.3, -0.25) is 4.79 Å². The fourth-order valence-electron chi connectivity index (χ4n) is 2.01. The minimum atomic E-state index is -0.688. The van der Waals surface area contributed by atoms with Crippen molar-refractivity contribution in [1.82, 2.24) is 0 Å². The number of carbonyl (C=O) groups is 1. The highest BCUT2D eigenvalue weighted by Gasteiger charge is 2.08. The lowest BCUT2D eigenvalue weighted by Gasteiger charge is -2.12. The largest absolute Gasteiger partial charge is 0.492 e. The zero-order valence-electron chi connectivity index (χ0n) is 12.7. The first-order chi connectivity index (χ1) is 11.1. The van der Waals surface area contributed by atoms with Crippen LogP contribution in [0.1, 0.15) is 13.3 Å². The van der Waals surface area contributed by atoms with Crippen LogP contribution >= 0.6 is 0 Å². The van der Waals surface area contributed by atoms with Crippen LogP contribution in [0.2, 0.25) is 0 Å². The van der Waals surface area contributed by atoms with Gasteiger partial charge in [0.2, 0.25) is 5.91 Å². The molecular weight excluding hydrogens is 302 g/mol. The summed E-state index contributed by atoms with van der Waals surface area (Å²) in [6, 6.07) is 10.4. The Bertz CT molecular complexity index is 677. The van der Waals surface area contributed by atoms with Crippen LogP contribution in [-0.4, -0.2) is 19.1 Å². The normalized spacial score (nSPS) is 10.2. The highest BCUT2D eigenvalue weighted by molar-refractivity contribution is 5.92. The number of halogens is 2. The van der Waals surface area contributed by atoms with Gasteiger partial charge in [-0.15, -0.1) is 0 Å². The Hall–Kier alpha value is -2.63. The third-order valence-corrected chi connectivity index (χ3v) is 3.06. The van der Waals surface area contributed by atoms with Crippen LogP contribution in [0.25, 0.3) is 0 Å². The quantitative estimate of drug-likeness (QED) is 0.816. The Morgan fingerprint density at radius 2 is 1.91 bits per heavy atom. The summed E-state index contributed by atoms with van der Waals surface area (Å²) < 4.78 is 31.7. The average molecular weight is 320 g/mol. The van der Waals surface area contributed by atoms with Crippen molar-refractivity contribution in [2.75, 3.05) is 23.8 Å². The van der Waals surface area contributed by atoms with Crippen LogP contribution in [-0.2, 0) is 4.79 Å². The molecule has 0 aliphatic rings. The monoisotopic (exact) mass is 320 g/mol. The van der Waals surface area contributed by atoms with E-state index in [4.69, 9.17) is 4.74 Å². The second kappa shape index (κ2) is 8.12. The zero-order chi connectivity index (χ0) is 16.7. The van der Waals surface area contributed by atoms with Crippen LogP contribution in [0.3, 0.4) is 0 Å². The molecule has 0 aliphatic heterocycles. The number of hydrogen-bond acceptors (Lipinski definition) is 3. The number of rotatable bonds is 7. The van der Waals surface area contributed by atoms with Crippen molar-refractivity contribution in [3.63, 3.8) is 0 Å². The summed E-state index contributed by atoms with van der Waals surface area (Å²) in [6.45, 7) is 2.59. The summed E-state index contributed by atoms with van der Waals surface area (Å²) in [5.41, 5.74) is 0.751. The molecule has 0 unspecified atom stereocenters. The molecule has 2 rings (SSSR count). The Morgan fingerprint density at radius 3 is 2.65 bits per heavy atom. The summed E-state index contributed by atoms with van der Waals surface area (Å²) in [6.07, 6.45) is 0.136. The molecular formula is C17H18F2N2O2. The van der Waals surface area contributed by atoms with E-state index in [1.165, 1.54) is 6.07 Å². The standard InChI is InChI=1S/C17H18F2N2O2/c1-2-23-16-6-4-3-5-15(16)21-17(22)9-10-20-14-8-7-12(18)11-13(14)19/h3-8,11,20H,2,9-10H2,1H3,(H,21,22). The molecule has 0 heterocycles. The number of para-hydroxylation sites is 2. The molecule has 0 aliphatic carbocycles. The predicted molar refractivity (Wildman–Crippen MR) is 85.7 cm³/mol. The van der Waals surface area contributed by atoms with Crippen molar-refractivity contribution in [1.29, 1.82) is 0 Å². The maximum absolute atomic E-state index is 13.4. The Kier molecular flexibility index (Phi) is 5.91. The maximum Gasteiger partial charge on any atom is 0.226 e. The molecule has 2 aromatic rings. The van der Waals surface area contributed by atoms with Gasteiger partial charge in [-0.25, -0.2) is 8.78 Å². The van der Waals surface area contributed by atoms with E-state index in [0.717, 1.165) is 12.1 Å². The van der Waals surface area contributed by atoms with E-state index in [1.807, 2.05) is 13.0 Å². The molecule has 4 nitrogen and oxygen atoms in total. The lowest BCUT2D eigenvalue weighted by molar-refractivity contribution is -0.116. The SMILES string of the molecule is CCOc1ccccc1NC(=O)CCNc1ccc(F)cc1F. The number of anilines is 2. The molecule has 0 aromatic heterocycles. The smallest absolute Gasteiger partial charge is 0.226 e. The lowest BCUT2D eigenvalue weighted by Crippen LogP contribution is -2.17. The summed E-state index contributed by atoms with van der Waals surface area (Å²) >= 11 is 0. The van der Waals surface area contributed by atoms with Crippen molar-refractivity contribution in [2.45, 2.75) is 13.3 Å². The van der Waals surface area contributed by atoms with Gasteiger partial charge in [0.25, 0.3) is 0 Å². The van der Waals surface area contributed by atoms with Gasteiger partial charge in [-0.2, -0.15) is 0 Å². The van der Waals surface area contributed by atoms with E-state index in [1.54, 1.807) is 18.2 Å². The van der Waals surface area contributed by atoms with Gasteiger partial charge in [0.15, 0.2) is 0 Å². The predicted octanol–water partition coefficient (Wildman–Crippen LogP) is 3.80. The minimum absolute atomic E-state index is 0.136. The molecule has 0 saturated heterocycles. The fourth-order valence-corrected chi connectivity index (χ4v) is 2.01. The third-order valence-electron chi connectivity index (χ3n) is 3.06. The summed E-state index contributed by atoms with van der Waals surface area (Å²) in [4.78, 5) is 11.9. The molecule has 1 amide bonds. The first-order valence-corrected chi connectivity index (χ1v) is 7.30. The van der Waals surface area contributed by atoms with Crippen molar-refractivity contribution in [3.05, 3.63) is 54.1 Å². The molecule has 0 bridgehead atoms. The molecule has 2 aromatic carbocycles. The molecule has 6 heteroatoms. The van der Waals surface area contributed by atoms with Crippen LogP contribution in [0, 0.1) is 11.6 Å². The second-order valence-electron chi connectivity index (χ2n) is 4.78. The van der Waals surface area contributed by atoms with E-state index >= 15 is 0 Å². The first-order valence-electron chi connectivity index (χ1n) is 7.30. The zero-order valence-corrected chi connectivity index (χ0v) is 12.7. The van der Waals surface area contributed by atoms with E-state index < -0.39 is 11.6 Å². The Labute approximate surface area is 133 Å². The van der Waals surface area contributed by atoms with Crippen molar-refractivity contribution < 1.29 is 18.3 Å². The van der Waals surface area contributed by atoms with Gasteiger partial charge in [0.1, 0.15) is 17.4 Å². The molecule has 0 spiro atoms. The Balaban J connectivity index is 1.86. The number of ether oxygens (including phenoxy) is 1. The van der Waals surface area contributed by atoms with Crippen LogP contribution < -0.4 is 15.4 Å². The van der Waals surface area contributed by atoms with Crippen LogP contribution in [0.5, 0.6) is 5.75 Å². The second-order valence-corrected chi connectivity index (χ2v) is 4.78. The fraction of sp³-hybridized carbons (Fsp3) is 0.235. The molecule has 0 atom stereocenters. The number of hydrogen-bond donors (Lipinski definition) is 2. The van der Waals surface area contributed by atoms with Gasteiger partial charge in [-0.1, -0.05) is 12.1 Å². The lowest BCUT2D eigenvalue weighted by atomic mass is 10.2. The minimum Gasteiger partial charge on any atom is -0.492 e.